The van der Waals surface area contributed by atoms with Crippen LogP contribution in [-0.4, -0.2) is 27.0 Å². The van der Waals surface area contributed by atoms with Crippen molar-refractivity contribution in [2.24, 2.45) is 0 Å². The van der Waals surface area contributed by atoms with Crippen molar-refractivity contribution in [3.63, 3.8) is 0 Å². The Morgan fingerprint density at radius 2 is 2.22 bits per heavy atom. The highest BCUT2D eigenvalue weighted by Gasteiger charge is 2.12. The molecular weight excluding hydrogens is 324 g/mol. The Morgan fingerprint density at radius 3 is 2.89 bits per heavy atom. The Hall–Kier alpha value is -1.28. The van der Waals surface area contributed by atoms with Crippen LogP contribution in [0.3, 0.4) is 0 Å². The van der Waals surface area contributed by atoms with Crippen molar-refractivity contribution in [2.45, 2.75) is 12.2 Å². The average molecular weight is 333 g/mol. The van der Waals surface area contributed by atoms with Gasteiger partial charge in [0.1, 0.15) is 0 Å². The molecule has 0 aliphatic carbocycles. The van der Waals surface area contributed by atoms with Crippen molar-refractivity contribution >= 4 is 33.7 Å². The summed E-state index contributed by atoms with van der Waals surface area (Å²) < 4.78 is 11.3. The molecule has 0 aliphatic rings. The molecule has 0 spiro atoms. The van der Waals surface area contributed by atoms with E-state index in [2.05, 4.69) is 26.1 Å². The smallest absolute Gasteiger partial charge is 0.304 e. The summed E-state index contributed by atoms with van der Waals surface area (Å²) in [5.74, 6) is 1.45. The minimum atomic E-state index is -0.811. The van der Waals surface area contributed by atoms with Gasteiger partial charge in [-0.1, -0.05) is 0 Å². The molecule has 0 saturated heterocycles. The van der Waals surface area contributed by atoms with E-state index in [0.717, 1.165) is 0 Å². The van der Waals surface area contributed by atoms with E-state index in [-0.39, 0.29) is 6.42 Å². The van der Waals surface area contributed by atoms with Crippen LogP contribution >= 0.6 is 27.7 Å². The molecule has 0 unspecified atom stereocenters. The summed E-state index contributed by atoms with van der Waals surface area (Å²) >= 11 is 4.62. The Balaban J connectivity index is 1.88. The van der Waals surface area contributed by atoms with E-state index < -0.39 is 5.97 Å². The minimum absolute atomic E-state index is 0.122. The van der Waals surface area contributed by atoms with Gasteiger partial charge < -0.3 is 13.9 Å². The van der Waals surface area contributed by atoms with E-state index in [1.807, 2.05) is 0 Å². The monoisotopic (exact) mass is 332 g/mol. The van der Waals surface area contributed by atoms with Crippen LogP contribution in [0.25, 0.3) is 11.7 Å². The van der Waals surface area contributed by atoms with Crippen molar-refractivity contribution < 1.29 is 18.7 Å². The number of thioether (sulfide) groups is 1. The van der Waals surface area contributed by atoms with Crippen molar-refractivity contribution in [1.29, 1.82) is 0 Å². The molecular formula is C10H9BrN2O4S. The highest BCUT2D eigenvalue weighted by atomic mass is 79.9. The summed E-state index contributed by atoms with van der Waals surface area (Å²) in [6.45, 7) is 0. The lowest BCUT2D eigenvalue weighted by Gasteiger charge is -1.94. The second-order valence-corrected chi connectivity index (χ2v) is 5.19. The largest absolute Gasteiger partial charge is 0.481 e. The number of rotatable bonds is 6. The molecule has 0 fully saturated rings. The van der Waals surface area contributed by atoms with Gasteiger partial charge in [-0.3, -0.25) is 4.79 Å². The predicted molar refractivity (Wildman–Crippen MR) is 68.1 cm³/mol. The number of hydrogen-bond donors (Lipinski definition) is 1. The van der Waals surface area contributed by atoms with Crippen LogP contribution in [0.1, 0.15) is 12.3 Å². The van der Waals surface area contributed by atoms with Gasteiger partial charge in [0.05, 0.1) is 12.2 Å². The van der Waals surface area contributed by atoms with Gasteiger partial charge in [0.25, 0.3) is 5.89 Å². The first kappa shape index (κ1) is 13.2. The van der Waals surface area contributed by atoms with Crippen LogP contribution < -0.4 is 0 Å². The van der Waals surface area contributed by atoms with Crippen LogP contribution in [0, 0.1) is 0 Å². The maximum absolute atomic E-state index is 10.3. The lowest BCUT2D eigenvalue weighted by Crippen LogP contribution is -1.96. The topological polar surface area (TPSA) is 89.4 Å². The summed E-state index contributed by atoms with van der Waals surface area (Å²) in [4.78, 5) is 10.3. The van der Waals surface area contributed by atoms with Gasteiger partial charge in [0.2, 0.25) is 5.89 Å². The maximum atomic E-state index is 10.3. The van der Waals surface area contributed by atoms with E-state index in [1.54, 1.807) is 12.1 Å². The van der Waals surface area contributed by atoms with E-state index >= 15 is 0 Å². The molecule has 2 rings (SSSR count). The minimum Gasteiger partial charge on any atom is -0.481 e. The van der Waals surface area contributed by atoms with Gasteiger partial charge >= 0.3 is 5.97 Å². The van der Waals surface area contributed by atoms with Crippen molar-refractivity contribution in [3.8, 4) is 11.7 Å². The zero-order chi connectivity index (χ0) is 13.0. The number of aliphatic carboxylic acids is 1. The summed E-state index contributed by atoms with van der Waals surface area (Å²) in [6, 6.07) is 3.46. The SMILES string of the molecule is O=C(O)CCSCc1nnc(-c2ccc(Br)o2)o1. The fourth-order valence-electron chi connectivity index (χ4n) is 1.16. The van der Waals surface area contributed by atoms with E-state index in [9.17, 15) is 4.79 Å². The van der Waals surface area contributed by atoms with Crippen molar-refractivity contribution in [3.05, 3.63) is 22.7 Å². The van der Waals surface area contributed by atoms with E-state index in [0.29, 0.717) is 33.7 Å². The number of aromatic nitrogens is 2. The summed E-state index contributed by atoms with van der Waals surface area (Å²) in [6.07, 6.45) is 0.122. The first-order chi connectivity index (χ1) is 8.65. The number of nitrogens with zero attached hydrogens (tertiary/aromatic N) is 2. The van der Waals surface area contributed by atoms with E-state index in [4.69, 9.17) is 13.9 Å². The normalized spacial score (nSPS) is 10.7. The second-order valence-electron chi connectivity index (χ2n) is 3.30. The molecule has 18 heavy (non-hydrogen) atoms. The van der Waals surface area contributed by atoms with Gasteiger partial charge in [-0.05, 0) is 28.1 Å². The number of hydrogen-bond acceptors (Lipinski definition) is 6. The Bertz CT molecular complexity index is 539. The lowest BCUT2D eigenvalue weighted by molar-refractivity contribution is -0.136. The maximum Gasteiger partial charge on any atom is 0.304 e. The number of carboxylic acids is 1. The van der Waals surface area contributed by atoms with Crippen LogP contribution in [0.2, 0.25) is 0 Å². The van der Waals surface area contributed by atoms with Crippen LogP contribution in [0.4, 0.5) is 0 Å². The molecule has 0 bridgehead atoms. The summed E-state index contributed by atoms with van der Waals surface area (Å²) in [7, 11) is 0. The van der Waals surface area contributed by atoms with Gasteiger partial charge in [-0.2, -0.15) is 11.8 Å². The third-order valence-electron chi connectivity index (χ3n) is 1.94. The van der Waals surface area contributed by atoms with Crippen LogP contribution in [0.5, 0.6) is 0 Å². The molecule has 2 aromatic rings. The van der Waals surface area contributed by atoms with Gasteiger partial charge in [-0.15, -0.1) is 10.2 Å². The predicted octanol–water partition coefficient (Wildman–Crippen LogP) is 2.80. The molecule has 0 aliphatic heterocycles. The molecule has 0 saturated carbocycles. The number of furan rings is 1. The third-order valence-corrected chi connectivity index (χ3v) is 3.31. The molecule has 2 aromatic heterocycles. The molecule has 2 heterocycles. The molecule has 6 nitrogen and oxygen atoms in total. The molecule has 0 aromatic carbocycles. The zero-order valence-electron chi connectivity index (χ0n) is 9.13. The fraction of sp³-hybridized carbons (Fsp3) is 0.300. The zero-order valence-corrected chi connectivity index (χ0v) is 11.5. The number of carboxylic acid groups (broad SMARTS) is 1. The summed E-state index contributed by atoms with van der Waals surface area (Å²) in [5, 5.41) is 16.2. The van der Waals surface area contributed by atoms with Crippen LogP contribution in [0.15, 0.2) is 25.6 Å². The lowest BCUT2D eigenvalue weighted by atomic mass is 10.5. The molecule has 1 N–H and O–H groups in total. The first-order valence-electron chi connectivity index (χ1n) is 5.03. The Kier molecular flexibility index (Phi) is 4.43. The molecule has 0 atom stereocenters. The fourth-order valence-corrected chi connectivity index (χ4v) is 2.22. The first-order valence-corrected chi connectivity index (χ1v) is 6.97. The van der Waals surface area contributed by atoms with Gasteiger partial charge in [-0.25, -0.2) is 0 Å². The second kappa shape index (κ2) is 6.05. The highest BCUT2D eigenvalue weighted by Crippen LogP contribution is 2.24. The van der Waals surface area contributed by atoms with E-state index in [1.165, 1.54) is 11.8 Å². The Morgan fingerprint density at radius 1 is 1.39 bits per heavy atom. The average Bonchev–Trinajstić information content (AvgIpc) is 2.93. The van der Waals surface area contributed by atoms with Crippen molar-refractivity contribution in [2.75, 3.05) is 5.75 Å². The third kappa shape index (κ3) is 3.61. The summed E-state index contributed by atoms with van der Waals surface area (Å²) in [5.41, 5.74) is 0. The number of halogens is 1. The molecule has 8 heteroatoms. The molecule has 0 amide bonds. The quantitative estimate of drug-likeness (QED) is 0.813. The van der Waals surface area contributed by atoms with Gasteiger partial charge in [0.15, 0.2) is 10.4 Å². The standard InChI is InChI=1S/C10H9BrN2O4S/c11-7-2-1-6(16-7)10-13-12-8(17-10)5-18-4-3-9(14)15/h1-2H,3-5H2,(H,14,15). The van der Waals surface area contributed by atoms with Crippen molar-refractivity contribution in [1.82, 2.24) is 10.2 Å². The highest BCUT2D eigenvalue weighted by molar-refractivity contribution is 9.10. The molecule has 96 valence electrons. The van der Waals surface area contributed by atoms with Gasteiger partial charge in [0, 0.05) is 5.75 Å². The number of carbonyl (C=O) groups is 1. The van der Waals surface area contributed by atoms with Crippen LogP contribution in [-0.2, 0) is 10.5 Å². The molecule has 0 radical (unpaired) electrons. The Labute approximate surface area is 115 Å².